The number of aliphatic hydroxyl groups excluding tert-OH is 1. The maximum Gasteiger partial charge on any atom is 2.00 e. The Balaban J connectivity index is 0.000000217. The molecule has 0 spiro atoms. The number of para-hydroxylation sites is 2. The van der Waals surface area contributed by atoms with Gasteiger partial charge in [0.05, 0.1) is 45.6 Å². The summed E-state index contributed by atoms with van der Waals surface area (Å²) in [5.41, 5.74) is 13.1. The zero-order chi connectivity index (χ0) is 43.5. The van der Waals surface area contributed by atoms with Crippen LogP contribution in [-0.2, 0) is 16.5 Å². The van der Waals surface area contributed by atoms with Crippen LogP contribution < -0.4 is 10.2 Å². The number of rotatable bonds is 8. The number of hydrogen-bond donors (Lipinski definition) is 1. The van der Waals surface area contributed by atoms with Gasteiger partial charge >= 0.3 is 16.5 Å². The Morgan fingerprint density at radius 3 is 1.11 bits per heavy atom. The third-order valence-corrected chi connectivity index (χ3v) is 9.77. The number of benzene rings is 6. The van der Waals surface area contributed by atoms with Crippen molar-refractivity contribution in [2.24, 2.45) is 9.98 Å². The molecule has 316 valence electrons. The van der Waals surface area contributed by atoms with Crippen molar-refractivity contribution >= 4 is 22.8 Å². The Hall–Kier alpha value is -6.87. The van der Waals surface area contributed by atoms with Crippen molar-refractivity contribution in [3.8, 4) is 23.1 Å². The normalized spacial score (nSPS) is 11.2. The first-order chi connectivity index (χ1) is 29.5. The van der Waals surface area contributed by atoms with Crippen molar-refractivity contribution < 1.29 is 31.8 Å². The molecule has 6 aromatic carbocycles. The van der Waals surface area contributed by atoms with Crippen LogP contribution in [0.5, 0.6) is 11.8 Å². The molecule has 0 atom stereocenters. The van der Waals surface area contributed by atoms with Gasteiger partial charge in [-0.3, -0.25) is 0 Å². The zero-order valence-electron chi connectivity index (χ0n) is 36.0. The Labute approximate surface area is 374 Å². The Morgan fingerprint density at radius 2 is 0.806 bits per heavy atom. The molecule has 0 saturated carbocycles. The summed E-state index contributed by atoms with van der Waals surface area (Å²) in [4.78, 5) is 9.86. The smallest absolute Gasteiger partial charge is 0.858 e. The minimum Gasteiger partial charge on any atom is -0.858 e. The van der Waals surface area contributed by atoms with Gasteiger partial charge in [0.25, 0.3) is 0 Å². The molecule has 0 bridgehead atoms. The third-order valence-electron chi connectivity index (χ3n) is 9.77. The van der Waals surface area contributed by atoms with Crippen LogP contribution in [0.15, 0.2) is 168 Å². The first-order valence-electron chi connectivity index (χ1n) is 20.2. The molecule has 2 heterocycles. The molecule has 8 aromatic rings. The summed E-state index contributed by atoms with van der Waals surface area (Å²) >= 11 is 0. The van der Waals surface area contributed by atoms with Gasteiger partial charge in [-0.15, -0.1) is 0 Å². The molecular formula is C52H50N6NiO3. The fourth-order valence-corrected chi connectivity index (χ4v) is 6.87. The van der Waals surface area contributed by atoms with Gasteiger partial charge in [-0.2, -0.15) is 10.2 Å². The number of aromatic nitrogens is 4. The van der Waals surface area contributed by atoms with Crippen LogP contribution in [0.2, 0.25) is 0 Å². The molecule has 0 amide bonds. The first kappa shape index (κ1) is 46.2. The van der Waals surface area contributed by atoms with Gasteiger partial charge in [-0.25, -0.2) is 19.3 Å². The molecule has 0 saturated heterocycles. The van der Waals surface area contributed by atoms with E-state index in [0.717, 1.165) is 45.0 Å². The molecule has 0 aliphatic carbocycles. The average molecular weight is 866 g/mol. The molecular weight excluding hydrogens is 815 g/mol. The van der Waals surface area contributed by atoms with Gasteiger partial charge in [0.15, 0.2) is 0 Å². The van der Waals surface area contributed by atoms with Crippen molar-refractivity contribution in [2.45, 2.75) is 48.5 Å². The first-order valence-corrected chi connectivity index (χ1v) is 20.2. The Morgan fingerprint density at radius 1 is 0.500 bits per heavy atom. The van der Waals surface area contributed by atoms with Gasteiger partial charge in [0.2, 0.25) is 0 Å². The van der Waals surface area contributed by atoms with Crippen LogP contribution in [-0.4, -0.2) is 42.7 Å². The van der Waals surface area contributed by atoms with E-state index in [1.54, 1.807) is 6.92 Å². The SMILES string of the molecule is CCO.Cc1ccc(N=C(c2ccccc2)c2c(C)nn(-c3ccccc3)c2[O-])c(C)c1.Cc1ccc(N=C(c2ccccc2)c2c(C)nn(-c3ccccc3)c2[O-])c(C)c1.[Ni+2]. The van der Waals surface area contributed by atoms with E-state index in [1.165, 1.54) is 20.5 Å². The summed E-state index contributed by atoms with van der Waals surface area (Å²) in [7, 11) is 0. The monoisotopic (exact) mass is 864 g/mol. The van der Waals surface area contributed by atoms with Crippen LogP contribution in [0.3, 0.4) is 0 Å². The predicted molar refractivity (Wildman–Crippen MR) is 244 cm³/mol. The molecule has 0 fully saturated rings. The second-order valence-electron chi connectivity index (χ2n) is 14.6. The average Bonchev–Trinajstić information content (AvgIpc) is 3.74. The molecule has 62 heavy (non-hydrogen) atoms. The number of aryl methyl sites for hydroxylation is 6. The topological polar surface area (TPSA) is 127 Å². The molecule has 10 heteroatoms. The van der Waals surface area contributed by atoms with Crippen molar-refractivity contribution in [3.63, 3.8) is 0 Å². The molecule has 0 radical (unpaired) electrons. The fourth-order valence-electron chi connectivity index (χ4n) is 6.87. The molecule has 1 N–H and O–H groups in total. The van der Waals surface area contributed by atoms with Crippen molar-refractivity contribution in [3.05, 3.63) is 214 Å². The minimum atomic E-state index is -0.166. The molecule has 8 rings (SSSR count). The van der Waals surface area contributed by atoms with Crippen LogP contribution >= 0.6 is 0 Å². The van der Waals surface area contributed by atoms with Gasteiger partial charge < -0.3 is 15.3 Å². The van der Waals surface area contributed by atoms with Crippen LogP contribution in [0.4, 0.5) is 11.4 Å². The largest absolute Gasteiger partial charge is 2.00 e. The van der Waals surface area contributed by atoms with E-state index < -0.39 is 0 Å². The summed E-state index contributed by atoms with van der Waals surface area (Å²) in [6.45, 7) is 13.8. The van der Waals surface area contributed by atoms with E-state index in [4.69, 9.17) is 15.1 Å². The van der Waals surface area contributed by atoms with Crippen molar-refractivity contribution in [1.29, 1.82) is 0 Å². The summed E-state index contributed by atoms with van der Waals surface area (Å²) in [6.07, 6.45) is 0. The summed E-state index contributed by atoms with van der Waals surface area (Å²) < 4.78 is 2.90. The van der Waals surface area contributed by atoms with Crippen LogP contribution in [0, 0.1) is 41.5 Å². The molecule has 9 nitrogen and oxygen atoms in total. The maximum atomic E-state index is 13.4. The van der Waals surface area contributed by atoms with Gasteiger partial charge in [0, 0.05) is 40.6 Å². The van der Waals surface area contributed by atoms with Gasteiger partial charge in [-0.1, -0.05) is 132 Å². The van der Waals surface area contributed by atoms with E-state index in [2.05, 4.69) is 36.2 Å². The van der Waals surface area contributed by atoms with E-state index in [0.29, 0.717) is 33.9 Å². The number of aliphatic imine (C=N–C) groups is 2. The number of aliphatic hydroxyl groups is 1. The van der Waals surface area contributed by atoms with Crippen molar-refractivity contribution in [2.75, 3.05) is 6.61 Å². The summed E-state index contributed by atoms with van der Waals surface area (Å²) in [5, 5.41) is 43.3. The second kappa shape index (κ2) is 21.6. The third kappa shape index (κ3) is 10.9. The fraction of sp³-hybridized carbons (Fsp3) is 0.154. The summed E-state index contributed by atoms with van der Waals surface area (Å²) in [5.74, 6) is -0.331. The molecule has 0 aliphatic rings. The number of hydrogen-bond acceptors (Lipinski definition) is 7. The predicted octanol–water partition coefficient (Wildman–Crippen LogP) is 10.1. The molecule has 0 unspecified atom stereocenters. The van der Waals surface area contributed by atoms with E-state index in [9.17, 15) is 10.2 Å². The van der Waals surface area contributed by atoms with Gasteiger partial charge in [0.1, 0.15) is 0 Å². The van der Waals surface area contributed by atoms with Crippen LogP contribution in [0.25, 0.3) is 11.4 Å². The Bertz CT molecular complexity index is 2570. The Kier molecular flexibility index (Phi) is 16.1. The van der Waals surface area contributed by atoms with Gasteiger partial charge in [-0.05, 0) is 96.0 Å². The van der Waals surface area contributed by atoms with Crippen molar-refractivity contribution in [1.82, 2.24) is 19.6 Å². The van der Waals surface area contributed by atoms with E-state index in [1.807, 2.05) is 173 Å². The van der Waals surface area contributed by atoms with E-state index in [-0.39, 0.29) is 34.9 Å². The molecule has 2 aromatic heterocycles. The number of nitrogens with zero attached hydrogens (tertiary/aromatic N) is 6. The van der Waals surface area contributed by atoms with E-state index >= 15 is 0 Å². The zero-order valence-corrected chi connectivity index (χ0v) is 37.0. The molecule has 0 aliphatic heterocycles. The van der Waals surface area contributed by atoms with Crippen LogP contribution in [0.1, 0.15) is 62.8 Å². The maximum absolute atomic E-state index is 13.4. The second-order valence-corrected chi connectivity index (χ2v) is 14.6. The summed E-state index contributed by atoms with van der Waals surface area (Å²) in [6, 6.07) is 50.8. The minimum absolute atomic E-state index is 0. The standard InChI is InChI=1S/2C25H23N3O.C2H6O.Ni/c2*1-17-14-15-22(18(2)16-17)26-24(20-10-6-4-7-11-20)23-19(3)27-28(25(23)29)21-12-8-5-9-13-21;1-2-3;/h2*4-16,29H,1-3H3;3H,2H2,1H3;/q;;;+2/p-2. The quantitative estimate of drug-likeness (QED) is 0.120.